The Morgan fingerprint density at radius 3 is 2.57 bits per heavy atom. The molecule has 0 spiro atoms. The monoisotopic (exact) mass is 335 g/mol. The van der Waals surface area contributed by atoms with Crippen molar-refractivity contribution in [2.45, 2.75) is 37.8 Å². The van der Waals surface area contributed by atoms with E-state index in [1.807, 2.05) is 13.8 Å². The van der Waals surface area contributed by atoms with Gasteiger partial charge in [-0.2, -0.15) is 4.31 Å². The maximum atomic E-state index is 12.7. The molecule has 0 amide bonds. The maximum Gasteiger partial charge on any atom is 0.243 e. The van der Waals surface area contributed by atoms with Crippen LogP contribution in [0.25, 0.3) is 0 Å². The topological polar surface area (TPSA) is 66.8 Å². The van der Waals surface area contributed by atoms with E-state index in [-0.39, 0.29) is 29.1 Å². The largest absolute Gasteiger partial charge is 0.392 e. The highest BCUT2D eigenvalue weighted by Gasteiger charge is 2.28. The van der Waals surface area contributed by atoms with Crippen molar-refractivity contribution in [1.29, 1.82) is 0 Å². The summed E-state index contributed by atoms with van der Waals surface area (Å²) in [6.07, 6.45) is 0.700. The first-order chi connectivity index (χ1) is 9.88. The van der Waals surface area contributed by atoms with E-state index in [1.165, 1.54) is 29.6 Å². The number of halogens is 1. The van der Waals surface area contributed by atoms with Crippen LogP contribution in [-0.4, -0.2) is 44.1 Å². The molecule has 0 bridgehead atoms. The van der Waals surface area contributed by atoms with Gasteiger partial charge in [0.15, 0.2) is 0 Å². The lowest BCUT2D eigenvalue weighted by atomic mass is 10.2. The summed E-state index contributed by atoms with van der Waals surface area (Å²) in [5.74, 6) is 0. The summed E-state index contributed by atoms with van der Waals surface area (Å²) in [7, 11) is -2.11. The molecule has 0 aliphatic carbocycles. The fourth-order valence-corrected chi connectivity index (χ4v) is 3.93. The predicted molar refractivity (Wildman–Crippen MR) is 82.9 cm³/mol. The molecule has 120 valence electrons. The van der Waals surface area contributed by atoms with Crippen LogP contribution in [0.1, 0.15) is 25.8 Å². The van der Waals surface area contributed by atoms with Gasteiger partial charge in [-0.25, -0.2) is 8.42 Å². The standard InChI is InChI=1S/C14H22ClNO4S/c1-4-11(2)16(7-8-20-3)21(18,19)13-6-5-12(10-17)14(15)9-13/h5-6,9,11,17H,4,7-8,10H2,1-3H3. The molecule has 0 aliphatic heterocycles. The number of hydrogen-bond acceptors (Lipinski definition) is 4. The highest BCUT2D eigenvalue weighted by atomic mass is 35.5. The average molecular weight is 336 g/mol. The highest BCUT2D eigenvalue weighted by molar-refractivity contribution is 7.89. The summed E-state index contributed by atoms with van der Waals surface area (Å²) in [6, 6.07) is 4.24. The van der Waals surface area contributed by atoms with Crippen LogP contribution in [0.15, 0.2) is 23.1 Å². The van der Waals surface area contributed by atoms with Crippen molar-refractivity contribution in [3.8, 4) is 0 Å². The molecule has 1 aromatic carbocycles. The van der Waals surface area contributed by atoms with Crippen LogP contribution >= 0.6 is 11.6 Å². The molecule has 0 saturated carbocycles. The van der Waals surface area contributed by atoms with E-state index in [1.54, 1.807) is 0 Å². The van der Waals surface area contributed by atoms with Crippen molar-refractivity contribution in [2.24, 2.45) is 0 Å². The number of ether oxygens (including phenoxy) is 1. The lowest BCUT2D eigenvalue weighted by molar-refractivity contribution is 0.167. The third kappa shape index (κ3) is 4.40. The van der Waals surface area contributed by atoms with Crippen LogP contribution in [0.2, 0.25) is 5.02 Å². The van der Waals surface area contributed by atoms with E-state index in [0.29, 0.717) is 18.6 Å². The number of methoxy groups -OCH3 is 1. The van der Waals surface area contributed by atoms with Gasteiger partial charge in [0.1, 0.15) is 0 Å². The molecule has 0 aliphatic rings. The van der Waals surface area contributed by atoms with E-state index in [0.717, 1.165) is 0 Å². The molecule has 1 unspecified atom stereocenters. The van der Waals surface area contributed by atoms with E-state index >= 15 is 0 Å². The van der Waals surface area contributed by atoms with Gasteiger partial charge in [0.2, 0.25) is 10.0 Å². The Hall–Kier alpha value is -0.660. The summed E-state index contributed by atoms with van der Waals surface area (Å²) in [5, 5.41) is 9.35. The zero-order valence-corrected chi connectivity index (χ0v) is 14.1. The average Bonchev–Trinajstić information content (AvgIpc) is 2.46. The molecule has 0 saturated heterocycles. The van der Waals surface area contributed by atoms with Crippen molar-refractivity contribution in [3.63, 3.8) is 0 Å². The summed E-state index contributed by atoms with van der Waals surface area (Å²) in [4.78, 5) is 0.126. The molecular weight excluding hydrogens is 314 g/mol. The quantitative estimate of drug-likeness (QED) is 0.791. The van der Waals surface area contributed by atoms with Gasteiger partial charge in [-0.15, -0.1) is 0 Å². The normalized spacial score (nSPS) is 13.6. The van der Waals surface area contributed by atoms with E-state index < -0.39 is 10.0 Å². The highest BCUT2D eigenvalue weighted by Crippen LogP contribution is 2.25. The van der Waals surface area contributed by atoms with Crippen LogP contribution in [0, 0.1) is 0 Å². The first-order valence-corrected chi connectivity index (χ1v) is 8.60. The first-order valence-electron chi connectivity index (χ1n) is 6.78. The first kappa shape index (κ1) is 18.4. The molecule has 1 aromatic rings. The van der Waals surface area contributed by atoms with Crippen LogP contribution in [0.4, 0.5) is 0 Å². The predicted octanol–water partition coefficient (Wildman–Crippen LogP) is 2.27. The van der Waals surface area contributed by atoms with Crippen LogP contribution in [0.3, 0.4) is 0 Å². The van der Waals surface area contributed by atoms with Crippen LogP contribution < -0.4 is 0 Å². The maximum absolute atomic E-state index is 12.7. The zero-order valence-electron chi connectivity index (χ0n) is 12.5. The van der Waals surface area contributed by atoms with Gasteiger partial charge in [-0.1, -0.05) is 24.6 Å². The molecule has 7 heteroatoms. The fourth-order valence-electron chi connectivity index (χ4n) is 1.91. The van der Waals surface area contributed by atoms with Crippen molar-refractivity contribution in [3.05, 3.63) is 28.8 Å². The Balaban J connectivity index is 3.18. The van der Waals surface area contributed by atoms with Gasteiger partial charge >= 0.3 is 0 Å². The number of rotatable bonds is 8. The van der Waals surface area contributed by atoms with E-state index in [2.05, 4.69) is 0 Å². The third-order valence-corrected chi connectivity index (χ3v) is 5.76. The number of sulfonamides is 1. The Labute approximate surface area is 131 Å². The molecular formula is C14H22ClNO4S. The Kier molecular flexibility index (Phi) is 7.09. The molecule has 1 rings (SSSR count). The van der Waals surface area contributed by atoms with Crippen molar-refractivity contribution < 1.29 is 18.3 Å². The summed E-state index contributed by atoms with van der Waals surface area (Å²) < 4.78 is 31.9. The number of nitrogens with zero attached hydrogens (tertiary/aromatic N) is 1. The second-order valence-electron chi connectivity index (χ2n) is 4.78. The molecule has 5 nitrogen and oxygen atoms in total. The van der Waals surface area contributed by atoms with Crippen LogP contribution in [-0.2, 0) is 21.4 Å². The molecule has 0 heterocycles. The van der Waals surface area contributed by atoms with Crippen LogP contribution in [0.5, 0.6) is 0 Å². The smallest absolute Gasteiger partial charge is 0.243 e. The van der Waals surface area contributed by atoms with Gasteiger partial charge in [-0.3, -0.25) is 0 Å². The summed E-state index contributed by atoms with van der Waals surface area (Å²) in [5.41, 5.74) is 0.502. The minimum Gasteiger partial charge on any atom is -0.392 e. The summed E-state index contributed by atoms with van der Waals surface area (Å²) >= 11 is 5.99. The molecule has 0 radical (unpaired) electrons. The van der Waals surface area contributed by atoms with Gasteiger partial charge in [0, 0.05) is 24.7 Å². The Morgan fingerprint density at radius 1 is 1.43 bits per heavy atom. The van der Waals surface area contributed by atoms with Gasteiger partial charge in [-0.05, 0) is 31.0 Å². The molecule has 0 aromatic heterocycles. The lowest BCUT2D eigenvalue weighted by Gasteiger charge is -2.27. The Bertz CT molecular complexity index is 562. The fraction of sp³-hybridized carbons (Fsp3) is 0.571. The van der Waals surface area contributed by atoms with Gasteiger partial charge in [0.25, 0.3) is 0 Å². The molecule has 1 N–H and O–H groups in total. The van der Waals surface area contributed by atoms with Gasteiger partial charge < -0.3 is 9.84 Å². The number of hydrogen-bond donors (Lipinski definition) is 1. The Morgan fingerprint density at radius 2 is 2.10 bits per heavy atom. The minimum atomic E-state index is -3.64. The van der Waals surface area contributed by atoms with E-state index in [9.17, 15) is 8.42 Å². The van der Waals surface area contributed by atoms with Crippen molar-refractivity contribution in [2.75, 3.05) is 20.3 Å². The van der Waals surface area contributed by atoms with Crippen molar-refractivity contribution >= 4 is 21.6 Å². The molecule has 0 fully saturated rings. The number of aliphatic hydroxyl groups excluding tert-OH is 1. The lowest BCUT2D eigenvalue weighted by Crippen LogP contribution is -2.40. The number of benzene rings is 1. The summed E-state index contributed by atoms with van der Waals surface area (Å²) in [6.45, 7) is 4.18. The SMILES string of the molecule is CCC(C)N(CCOC)S(=O)(=O)c1ccc(CO)c(Cl)c1. The second kappa shape index (κ2) is 8.10. The third-order valence-electron chi connectivity index (χ3n) is 3.40. The second-order valence-corrected chi connectivity index (χ2v) is 7.07. The van der Waals surface area contributed by atoms with Gasteiger partial charge in [0.05, 0.1) is 18.1 Å². The van der Waals surface area contributed by atoms with Crippen molar-refractivity contribution in [1.82, 2.24) is 4.31 Å². The number of aliphatic hydroxyl groups is 1. The molecule has 1 atom stereocenters. The zero-order chi connectivity index (χ0) is 16.0. The van der Waals surface area contributed by atoms with E-state index in [4.69, 9.17) is 21.4 Å². The minimum absolute atomic E-state index is 0.126. The molecule has 21 heavy (non-hydrogen) atoms.